The van der Waals surface area contributed by atoms with Gasteiger partial charge in [0.2, 0.25) is 5.91 Å². The van der Waals surface area contributed by atoms with Crippen molar-refractivity contribution in [1.29, 1.82) is 0 Å². The number of carbonyl (C=O) groups is 2. The monoisotopic (exact) mass is 309 g/mol. The van der Waals surface area contributed by atoms with Crippen LogP contribution in [0.2, 0.25) is 0 Å². The van der Waals surface area contributed by atoms with E-state index in [0.29, 0.717) is 28.0 Å². The van der Waals surface area contributed by atoms with E-state index in [4.69, 9.17) is 9.47 Å². The number of amides is 2. The molecule has 0 radical (unpaired) electrons. The van der Waals surface area contributed by atoms with Crippen LogP contribution in [0.25, 0.3) is 0 Å². The molecule has 0 aromatic heterocycles. The molecule has 1 aromatic carbocycles. The Morgan fingerprint density at radius 2 is 1.90 bits per heavy atom. The van der Waals surface area contributed by atoms with Gasteiger partial charge >= 0.3 is 0 Å². The number of rotatable bonds is 4. The number of methoxy groups -OCH3 is 2. The van der Waals surface area contributed by atoms with E-state index < -0.39 is 5.91 Å². The minimum atomic E-state index is -0.409. The fourth-order valence-corrected chi connectivity index (χ4v) is 2.49. The van der Waals surface area contributed by atoms with Crippen LogP contribution >= 0.6 is 11.8 Å². The molecule has 2 amide bonds. The van der Waals surface area contributed by atoms with E-state index in [2.05, 4.69) is 10.5 Å². The standard InChI is InChI=1S/C13H15N3O4S/c1-16-11(17)7-21-13(16)15-14-12(18)8-4-9(19-2)6-10(5-8)20-3/h4-6H,7H2,1-3H3,(H,14,18). The van der Waals surface area contributed by atoms with E-state index in [-0.39, 0.29) is 5.91 Å². The number of hydrogen-bond acceptors (Lipinski definition) is 6. The molecular formula is C13H15N3O4S. The molecule has 0 atom stereocenters. The van der Waals surface area contributed by atoms with Crippen molar-refractivity contribution in [3.8, 4) is 11.5 Å². The van der Waals surface area contributed by atoms with Gasteiger partial charge in [0, 0.05) is 18.7 Å². The van der Waals surface area contributed by atoms with Gasteiger partial charge in [0.15, 0.2) is 5.17 Å². The van der Waals surface area contributed by atoms with Crippen LogP contribution in [-0.4, -0.2) is 48.9 Å². The molecule has 1 fully saturated rings. The first-order chi connectivity index (χ1) is 10.0. The molecule has 21 heavy (non-hydrogen) atoms. The van der Waals surface area contributed by atoms with E-state index in [1.165, 1.54) is 30.9 Å². The molecule has 0 unspecified atom stereocenters. The van der Waals surface area contributed by atoms with Crippen LogP contribution in [0, 0.1) is 0 Å². The van der Waals surface area contributed by atoms with Gasteiger partial charge in [0.05, 0.1) is 20.0 Å². The van der Waals surface area contributed by atoms with Crippen LogP contribution < -0.4 is 14.9 Å². The van der Waals surface area contributed by atoms with Crippen LogP contribution in [0.5, 0.6) is 11.5 Å². The minimum Gasteiger partial charge on any atom is -0.497 e. The largest absolute Gasteiger partial charge is 0.497 e. The van der Waals surface area contributed by atoms with Crippen LogP contribution in [0.15, 0.2) is 23.3 Å². The van der Waals surface area contributed by atoms with Gasteiger partial charge in [-0.15, -0.1) is 5.10 Å². The van der Waals surface area contributed by atoms with Gasteiger partial charge in [0.25, 0.3) is 5.91 Å². The molecule has 1 aliphatic heterocycles. The number of nitrogens with zero attached hydrogens (tertiary/aromatic N) is 2. The second kappa shape index (κ2) is 6.49. The van der Waals surface area contributed by atoms with E-state index in [1.54, 1.807) is 25.2 Å². The third kappa shape index (κ3) is 3.46. The summed E-state index contributed by atoms with van der Waals surface area (Å²) in [6, 6.07) is 4.82. The topological polar surface area (TPSA) is 80.2 Å². The predicted molar refractivity (Wildman–Crippen MR) is 79.7 cm³/mol. The zero-order chi connectivity index (χ0) is 15.4. The maximum Gasteiger partial charge on any atom is 0.271 e. The summed E-state index contributed by atoms with van der Waals surface area (Å²) in [7, 11) is 4.63. The molecule has 0 aliphatic carbocycles. The molecule has 1 saturated heterocycles. The van der Waals surface area contributed by atoms with Gasteiger partial charge in [-0.25, -0.2) is 5.43 Å². The van der Waals surface area contributed by atoms with Gasteiger partial charge in [0.1, 0.15) is 11.5 Å². The molecule has 0 saturated carbocycles. The van der Waals surface area contributed by atoms with Crippen molar-refractivity contribution in [2.24, 2.45) is 5.10 Å². The van der Waals surface area contributed by atoms with Crippen molar-refractivity contribution < 1.29 is 19.1 Å². The molecular weight excluding hydrogens is 294 g/mol. The lowest BCUT2D eigenvalue weighted by Gasteiger charge is -2.09. The number of amidine groups is 1. The average molecular weight is 309 g/mol. The molecule has 112 valence electrons. The van der Waals surface area contributed by atoms with Gasteiger partial charge in [-0.2, -0.15) is 0 Å². The van der Waals surface area contributed by atoms with Crippen molar-refractivity contribution in [2.75, 3.05) is 27.0 Å². The molecule has 2 rings (SSSR count). The first kappa shape index (κ1) is 15.2. The van der Waals surface area contributed by atoms with E-state index in [0.717, 1.165) is 0 Å². The first-order valence-electron chi connectivity index (χ1n) is 6.05. The van der Waals surface area contributed by atoms with Crippen LogP contribution in [0.1, 0.15) is 10.4 Å². The zero-order valence-corrected chi connectivity index (χ0v) is 12.7. The Bertz CT molecular complexity index is 581. The minimum absolute atomic E-state index is 0.0453. The Kier molecular flexibility index (Phi) is 4.69. The third-order valence-electron chi connectivity index (χ3n) is 2.85. The molecule has 0 bridgehead atoms. The SMILES string of the molecule is COc1cc(OC)cc(C(=O)NN=C2SCC(=O)N2C)c1. The summed E-state index contributed by atoms with van der Waals surface area (Å²) < 4.78 is 10.2. The molecule has 1 aromatic rings. The summed E-state index contributed by atoms with van der Waals surface area (Å²) in [5.74, 6) is 0.895. The number of hydrazone groups is 1. The van der Waals surface area contributed by atoms with Crippen molar-refractivity contribution in [3.63, 3.8) is 0 Å². The molecule has 1 aliphatic rings. The van der Waals surface area contributed by atoms with Crippen molar-refractivity contribution >= 4 is 28.7 Å². The summed E-state index contributed by atoms with van der Waals surface area (Å²) in [5, 5.41) is 4.41. The smallest absolute Gasteiger partial charge is 0.271 e. The lowest BCUT2D eigenvalue weighted by molar-refractivity contribution is -0.123. The average Bonchev–Trinajstić information content (AvgIpc) is 2.83. The summed E-state index contributed by atoms with van der Waals surface area (Å²) in [5.41, 5.74) is 2.77. The van der Waals surface area contributed by atoms with Gasteiger partial charge in [-0.1, -0.05) is 11.8 Å². The lowest BCUT2D eigenvalue weighted by atomic mass is 10.2. The number of hydrogen-bond donors (Lipinski definition) is 1. The highest BCUT2D eigenvalue weighted by molar-refractivity contribution is 8.15. The molecule has 0 spiro atoms. The Balaban J connectivity index is 2.13. The fourth-order valence-electron chi connectivity index (χ4n) is 1.64. The Morgan fingerprint density at radius 1 is 1.29 bits per heavy atom. The molecule has 1 heterocycles. The number of thioether (sulfide) groups is 1. The summed E-state index contributed by atoms with van der Waals surface area (Å²) in [6.07, 6.45) is 0. The molecule has 8 heteroatoms. The number of ether oxygens (including phenoxy) is 2. The summed E-state index contributed by atoms with van der Waals surface area (Å²) >= 11 is 1.27. The zero-order valence-electron chi connectivity index (χ0n) is 11.9. The molecule has 1 N–H and O–H groups in total. The Labute approximate surface area is 126 Å². The predicted octanol–water partition coefficient (Wildman–Crippen LogP) is 0.910. The molecule has 7 nitrogen and oxygen atoms in total. The van der Waals surface area contributed by atoms with Crippen LogP contribution in [0.3, 0.4) is 0 Å². The van der Waals surface area contributed by atoms with Crippen molar-refractivity contribution in [3.05, 3.63) is 23.8 Å². The van der Waals surface area contributed by atoms with Gasteiger partial charge in [-0.3, -0.25) is 14.5 Å². The Morgan fingerprint density at radius 3 is 2.38 bits per heavy atom. The second-order valence-corrected chi connectivity index (χ2v) is 5.12. The highest BCUT2D eigenvalue weighted by Gasteiger charge is 2.24. The van der Waals surface area contributed by atoms with Crippen LogP contribution in [-0.2, 0) is 4.79 Å². The number of nitrogens with one attached hydrogen (secondary N) is 1. The van der Waals surface area contributed by atoms with E-state index in [9.17, 15) is 9.59 Å². The first-order valence-corrected chi connectivity index (χ1v) is 7.04. The maximum atomic E-state index is 12.1. The second-order valence-electron chi connectivity index (χ2n) is 4.18. The van der Waals surface area contributed by atoms with E-state index >= 15 is 0 Å². The lowest BCUT2D eigenvalue weighted by Crippen LogP contribution is -2.27. The third-order valence-corrected chi connectivity index (χ3v) is 3.87. The van der Waals surface area contributed by atoms with Gasteiger partial charge in [-0.05, 0) is 12.1 Å². The quantitative estimate of drug-likeness (QED) is 0.836. The van der Waals surface area contributed by atoms with Gasteiger partial charge < -0.3 is 9.47 Å². The summed E-state index contributed by atoms with van der Waals surface area (Å²) in [6.45, 7) is 0. The number of benzene rings is 1. The fraction of sp³-hybridized carbons (Fsp3) is 0.308. The van der Waals surface area contributed by atoms with Crippen molar-refractivity contribution in [2.45, 2.75) is 0 Å². The van der Waals surface area contributed by atoms with Crippen molar-refractivity contribution in [1.82, 2.24) is 10.3 Å². The van der Waals surface area contributed by atoms with E-state index in [1.807, 2.05) is 0 Å². The number of carbonyl (C=O) groups excluding carboxylic acids is 2. The van der Waals surface area contributed by atoms with Crippen LogP contribution in [0.4, 0.5) is 0 Å². The highest BCUT2D eigenvalue weighted by Crippen LogP contribution is 2.22. The normalized spacial score (nSPS) is 16.2. The maximum absolute atomic E-state index is 12.1. The summed E-state index contributed by atoms with van der Waals surface area (Å²) in [4.78, 5) is 24.8. The Hall–Kier alpha value is -2.22. The highest BCUT2D eigenvalue weighted by atomic mass is 32.2.